The summed E-state index contributed by atoms with van der Waals surface area (Å²) in [7, 11) is 1.59. The molecule has 0 aliphatic rings. The van der Waals surface area contributed by atoms with Crippen LogP contribution >= 0.6 is 11.6 Å². The maximum Gasteiger partial charge on any atom is 0.250 e. The third kappa shape index (κ3) is 2.64. The molecule has 0 radical (unpaired) electrons. The molecule has 0 fully saturated rings. The lowest BCUT2D eigenvalue weighted by Gasteiger charge is -2.16. The number of aryl methyl sites for hydroxylation is 1. The summed E-state index contributed by atoms with van der Waals surface area (Å²) in [5, 5.41) is 0.162. The van der Waals surface area contributed by atoms with Crippen molar-refractivity contribution in [2.45, 2.75) is 13.8 Å². The summed E-state index contributed by atoms with van der Waals surface area (Å²) >= 11 is 5.99. The zero-order valence-corrected chi connectivity index (χ0v) is 12.8. The first-order valence-corrected chi connectivity index (χ1v) is 6.65. The summed E-state index contributed by atoms with van der Waals surface area (Å²) in [4.78, 5) is 15.7. The molecule has 2 aromatic rings. The van der Waals surface area contributed by atoms with Crippen molar-refractivity contribution >= 4 is 23.2 Å². The number of anilines is 1. The number of amides is 1. The molecule has 1 aromatic heterocycles. The lowest BCUT2D eigenvalue weighted by atomic mass is 9.96. The van der Waals surface area contributed by atoms with Gasteiger partial charge in [0.2, 0.25) is 0 Å². The predicted molar refractivity (Wildman–Crippen MR) is 83.6 cm³/mol. The minimum absolute atomic E-state index is 0.159. The minimum Gasteiger partial charge on any atom is -0.496 e. The van der Waals surface area contributed by atoms with Crippen molar-refractivity contribution < 1.29 is 9.53 Å². The Morgan fingerprint density at radius 3 is 2.57 bits per heavy atom. The van der Waals surface area contributed by atoms with E-state index in [1.807, 2.05) is 26.0 Å². The van der Waals surface area contributed by atoms with E-state index in [2.05, 4.69) is 4.98 Å². The van der Waals surface area contributed by atoms with Crippen LogP contribution in [0, 0.1) is 13.8 Å². The average Bonchev–Trinajstić information content (AvgIpc) is 2.42. The van der Waals surface area contributed by atoms with Gasteiger partial charge in [0.05, 0.1) is 24.1 Å². The van der Waals surface area contributed by atoms with Crippen LogP contribution in [0.1, 0.15) is 21.5 Å². The van der Waals surface area contributed by atoms with Gasteiger partial charge >= 0.3 is 0 Å². The van der Waals surface area contributed by atoms with Gasteiger partial charge in [-0.15, -0.1) is 0 Å². The van der Waals surface area contributed by atoms with Crippen molar-refractivity contribution in [2.75, 3.05) is 12.8 Å². The number of rotatable bonds is 3. The highest BCUT2D eigenvalue weighted by molar-refractivity contribution is 6.30. The molecule has 0 saturated carbocycles. The summed E-state index contributed by atoms with van der Waals surface area (Å²) in [5.41, 5.74) is 14.8. The first-order chi connectivity index (χ1) is 9.86. The molecule has 0 unspecified atom stereocenters. The molecule has 1 aromatic carbocycles. The standard InChI is InChI=1S/C15H16ClN3O2/c1-7-4-5-10(21-3)8(2)12(7)14-13(17)9(15(18)20)6-11(16)19-14/h4-6H,17H2,1-3H3,(H2,18,20). The molecule has 110 valence electrons. The van der Waals surface area contributed by atoms with Crippen LogP contribution in [0.4, 0.5) is 5.69 Å². The van der Waals surface area contributed by atoms with Crippen LogP contribution in [0.15, 0.2) is 18.2 Å². The second-order valence-corrected chi connectivity index (χ2v) is 5.09. The van der Waals surface area contributed by atoms with Crippen LogP contribution in [-0.4, -0.2) is 18.0 Å². The molecule has 0 atom stereocenters. The Morgan fingerprint density at radius 1 is 1.33 bits per heavy atom. The van der Waals surface area contributed by atoms with Gasteiger partial charge in [0.15, 0.2) is 0 Å². The number of nitrogen functional groups attached to an aromatic ring is 1. The van der Waals surface area contributed by atoms with Gasteiger partial charge in [-0.3, -0.25) is 4.79 Å². The largest absolute Gasteiger partial charge is 0.496 e. The summed E-state index contributed by atoms with van der Waals surface area (Å²) in [6.07, 6.45) is 0. The Bertz CT molecular complexity index is 729. The van der Waals surface area contributed by atoms with Crippen LogP contribution in [0.3, 0.4) is 0 Å². The molecule has 0 aliphatic carbocycles. The fourth-order valence-electron chi connectivity index (χ4n) is 2.33. The fourth-order valence-corrected chi connectivity index (χ4v) is 2.53. The number of nitrogens with zero attached hydrogens (tertiary/aromatic N) is 1. The summed E-state index contributed by atoms with van der Waals surface area (Å²) in [6, 6.07) is 5.13. The minimum atomic E-state index is -0.642. The molecule has 0 saturated heterocycles. The van der Waals surface area contributed by atoms with Gasteiger partial charge in [-0.1, -0.05) is 17.7 Å². The number of ether oxygens (including phenoxy) is 1. The number of carbonyl (C=O) groups is 1. The van der Waals surface area contributed by atoms with E-state index in [1.165, 1.54) is 6.07 Å². The third-order valence-corrected chi connectivity index (χ3v) is 3.57. The quantitative estimate of drug-likeness (QED) is 0.853. The molecule has 0 bridgehead atoms. The van der Waals surface area contributed by atoms with Gasteiger partial charge in [-0.25, -0.2) is 4.98 Å². The normalized spacial score (nSPS) is 10.5. The van der Waals surface area contributed by atoms with Crippen LogP contribution in [-0.2, 0) is 0 Å². The monoisotopic (exact) mass is 305 g/mol. The number of primary amides is 1. The Hall–Kier alpha value is -2.27. The molecule has 0 spiro atoms. The number of aromatic nitrogens is 1. The van der Waals surface area contributed by atoms with Crippen molar-refractivity contribution in [1.29, 1.82) is 0 Å². The highest BCUT2D eigenvalue weighted by atomic mass is 35.5. The Morgan fingerprint density at radius 2 is 2.00 bits per heavy atom. The third-order valence-electron chi connectivity index (χ3n) is 3.37. The number of nitrogens with two attached hydrogens (primary N) is 2. The number of hydrogen-bond donors (Lipinski definition) is 2. The first-order valence-electron chi connectivity index (χ1n) is 6.27. The molecule has 21 heavy (non-hydrogen) atoms. The maximum atomic E-state index is 11.5. The summed E-state index contributed by atoms with van der Waals surface area (Å²) in [6.45, 7) is 3.82. The van der Waals surface area contributed by atoms with E-state index in [0.717, 1.165) is 16.7 Å². The van der Waals surface area contributed by atoms with Crippen molar-refractivity contribution in [2.24, 2.45) is 5.73 Å². The van der Waals surface area contributed by atoms with Gasteiger partial charge in [-0.2, -0.15) is 0 Å². The second-order valence-electron chi connectivity index (χ2n) is 4.70. The lowest BCUT2D eigenvalue weighted by molar-refractivity contribution is 0.100. The van der Waals surface area contributed by atoms with Gasteiger partial charge in [-0.05, 0) is 31.5 Å². The van der Waals surface area contributed by atoms with E-state index < -0.39 is 5.91 Å². The molecule has 6 heteroatoms. The molecular formula is C15H16ClN3O2. The highest BCUT2D eigenvalue weighted by Gasteiger charge is 2.19. The Kier molecular flexibility index (Phi) is 4.04. The fraction of sp³-hybridized carbons (Fsp3) is 0.200. The van der Waals surface area contributed by atoms with Crippen LogP contribution in [0.2, 0.25) is 5.15 Å². The maximum absolute atomic E-state index is 11.5. The van der Waals surface area contributed by atoms with Crippen molar-refractivity contribution in [3.63, 3.8) is 0 Å². The van der Waals surface area contributed by atoms with Crippen LogP contribution in [0.5, 0.6) is 5.75 Å². The first kappa shape index (κ1) is 15.1. The van der Waals surface area contributed by atoms with E-state index in [0.29, 0.717) is 11.4 Å². The van der Waals surface area contributed by atoms with Crippen molar-refractivity contribution in [3.05, 3.63) is 40.0 Å². The lowest BCUT2D eigenvalue weighted by Crippen LogP contribution is -2.15. The van der Waals surface area contributed by atoms with E-state index >= 15 is 0 Å². The van der Waals surface area contributed by atoms with Gasteiger partial charge < -0.3 is 16.2 Å². The SMILES string of the molecule is COc1ccc(C)c(-c2nc(Cl)cc(C(N)=O)c2N)c1C. The Labute approximate surface area is 127 Å². The average molecular weight is 306 g/mol. The highest BCUT2D eigenvalue weighted by Crippen LogP contribution is 2.36. The molecule has 5 nitrogen and oxygen atoms in total. The van der Waals surface area contributed by atoms with E-state index in [9.17, 15) is 4.79 Å². The van der Waals surface area contributed by atoms with Gasteiger partial charge in [0.25, 0.3) is 5.91 Å². The van der Waals surface area contributed by atoms with E-state index in [4.69, 9.17) is 27.8 Å². The molecule has 1 amide bonds. The molecule has 2 rings (SSSR count). The zero-order valence-electron chi connectivity index (χ0n) is 12.0. The topological polar surface area (TPSA) is 91.2 Å². The number of hydrogen-bond acceptors (Lipinski definition) is 4. The smallest absolute Gasteiger partial charge is 0.250 e. The Balaban J connectivity index is 2.82. The van der Waals surface area contributed by atoms with Gasteiger partial charge in [0, 0.05) is 11.1 Å². The van der Waals surface area contributed by atoms with Crippen LogP contribution in [0.25, 0.3) is 11.3 Å². The summed E-state index contributed by atoms with van der Waals surface area (Å²) in [5.74, 6) is 0.0636. The second kappa shape index (κ2) is 5.61. The summed E-state index contributed by atoms with van der Waals surface area (Å²) < 4.78 is 5.32. The predicted octanol–water partition coefficient (Wildman–Crippen LogP) is 2.71. The number of halogens is 1. The number of pyridine rings is 1. The van der Waals surface area contributed by atoms with Crippen molar-refractivity contribution in [3.8, 4) is 17.0 Å². The number of carbonyl (C=O) groups excluding carboxylic acids is 1. The van der Waals surface area contributed by atoms with Crippen LogP contribution < -0.4 is 16.2 Å². The van der Waals surface area contributed by atoms with Crippen molar-refractivity contribution in [1.82, 2.24) is 4.98 Å². The zero-order chi connectivity index (χ0) is 15.7. The number of methoxy groups -OCH3 is 1. The van der Waals surface area contributed by atoms with Gasteiger partial charge in [0.1, 0.15) is 10.9 Å². The molecule has 1 heterocycles. The number of benzene rings is 1. The van der Waals surface area contributed by atoms with E-state index in [-0.39, 0.29) is 16.4 Å². The molecule has 4 N–H and O–H groups in total. The molecular weight excluding hydrogens is 290 g/mol. The molecule has 0 aliphatic heterocycles. The van der Waals surface area contributed by atoms with E-state index in [1.54, 1.807) is 7.11 Å².